The van der Waals surface area contributed by atoms with Crippen molar-refractivity contribution in [2.45, 2.75) is 57.2 Å². The summed E-state index contributed by atoms with van der Waals surface area (Å²) in [4.78, 5) is 0. The molecule has 2 rings (SSSR count). The van der Waals surface area contributed by atoms with Gasteiger partial charge in [-0.25, -0.2) is 0 Å². The van der Waals surface area contributed by atoms with Gasteiger partial charge in [-0.1, -0.05) is 25.7 Å². The van der Waals surface area contributed by atoms with Crippen LogP contribution in [-0.2, 0) is 0 Å². The van der Waals surface area contributed by atoms with Crippen LogP contribution in [0.5, 0.6) is 0 Å². The van der Waals surface area contributed by atoms with Gasteiger partial charge in [-0.2, -0.15) is 13.2 Å². The second-order valence-electron chi connectivity index (χ2n) is 5.44. The van der Waals surface area contributed by atoms with Crippen LogP contribution >= 0.6 is 0 Å². The molecule has 94 valence electrons. The molecule has 0 heterocycles. The Bertz CT molecular complexity index is 235. The van der Waals surface area contributed by atoms with Gasteiger partial charge in [-0.15, -0.1) is 0 Å². The van der Waals surface area contributed by atoms with E-state index in [2.05, 4.69) is 0 Å². The first-order valence-corrected chi connectivity index (χ1v) is 6.31. The average molecular weight is 235 g/mol. The number of hydrogen-bond acceptors (Lipinski definition) is 1. The minimum absolute atomic E-state index is 0.237. The highest BCUT2D eigenvalue weighted by Gasteiger charge is 2.47. The Balaban J connectivity index is 1.97. The molecule has 3 unspecified atom stereocenters. The molecule has 0 saturated heterocycles. The lowest BCUT2D eigenvalue weighted by atomic mass is 9.74. The zero-order valence-electron chi connectivity index (χ0n) is 9.47. The fourth-order valence-corrected chi connectivity index (χ4v) is 2.99. The molecule has 0 aromatic heterocycles. The van der Waals surface area contributed by atoms with E-state index in [0.717, 1.165) is 25.7 Å². The third-order valence-corrected chi connectivity index (χ3v) is 4.09. The molecule has 0 aromatic rings. The second-order valence-corrected chi connectivity index (χ2v) is 5.44. The van der Waals surface area contributed by atoms with Gasteiger partial charge in [-0.3, -0.25) is 0 Å². The molecule has 0 bridgehead atoms. The number of hydrogen-bond donors (Lipinski definition) is 1. The molecule has 2 fully saturated rings. The van der Waals surface area contributed by atoms with Crippen LogP contribution in [0, 0.1) is 17.8 Å². The molecule has 2 aliphatic rings. The zero-order chi connectivity index (χ0) is 11.8. The third-order valence-electron chi connectivity index (χ3n) is 4.09. The van der Waals surface area contributed by atoms with Gasteiger partial charge in [0, 0.05) is 6.04 Å². The van der Waals surface area contributed by atoms with Gasteiger partial charge < -0.3 is 5.73 Å². The molecule has 4 heteroatoms. The summed E-state index contributed by atoms with van der Waals surface area (Å²) >= 11 is 0. The predicted molar refractivity (Wildman–Crippen MR) is 56.8 cm³/mol. The van der Waals surface area contributed by atoms with Gasteiger partial charge in [0.05, 0.1) is 5.92 Å². The van der Waals surface area contributed by atoms with Gasteiger partial charge in [0.25, 0.3) is 0 Å². The standard InChI is InChI=1S/C12H20F3N/c13-12(14,15)10-4-2-1-3-9(10)11(16)7-8-5-6-8/h8-11H,1-7,16H2. The Kier molecular flexibility index (Phi) is 3.48. The predicted octanol–water partition coefficient (Wildman–Crippen LogP) is 3.48. The fraction of sp³-hybridized carbons (Fsp3) is 1.00. The van der Waals surface area contributed by atoms with Crippen LogP contribution in [0.1, 0.15) is 44.9 Å². The highest BCUT2D eigenvalue weighted by molar-refractivity contribution is 4.89. The van der Waals surface area contributed by atoms with Crippen molar-refractivity contribution in [1.82, 2.24) is 0 Å². The Morgan fingerprint density at radius 1 is 1.06 bits per heavy atom. The summed E-state index contributed by atoms with van der Waals surface area (Å²) in [6, 6.07) is -0.237. The number of halogens is 3. The third kappa shape index (κ3) is 2.90. The first kappa shape index (κ1) is 12.2. The molecule has 0 aromatic carbocycles. The minimum Gasteiger partial charge on any atom is -0.327 e. The monoisotopic (exact) mass is 235 g/mol. The maximum absolute atomic E-state index is 12.8. The Morgan fingerprint density at radius 3 is 2.25 bits per heavy atom. The Labute approximate surface area is 94.6 Å². The van der Waals surface area contributed by atoms with Gasteiger partial charge in [0.15, 0.2) is 0 Å². The van der Waals surface area contributed by atoms with Gasteiger partial charge in [-0.05, 0) is 31.1 Å². The van der Waals surface area contributed by atoms with Crippen molar-refractivity contribution in [1.29, 1.82) is 0 Å². The summed E-state index contributed by atoms with van der Waals surface area (Å²) in [5, 5.41) is 0. The molecule has 0 spiro atoms. The van der Waals surface area contributed by atoms with E-state index in [1.807, 2.05) is 0 Å². The molecule has 0 aliphatic heterocycles. The van der Waals surface area contributed by atoms with Crippen molar-refractivity contribution in [3.05, 3.63) is 0 Å². The molecule has 0 radical (unpaired) electrons. The van der Waals surface area contributed by atoms with Crippen molar-refractivity contribution < 1.29 is 13.2 Å². The summed E-state index contributed by atoms with van der Waals surface area (Å²) in [5.41, 5.74) is 5.98. The minimum atomic E-state index is -4.05. The van der Waals surface area contributed by atoms with Crippen molar-refractivity contribution >= 4 is 0 Å². The highest BCUT2D eigenvalue weighted by atomic mass is 19.4. The summed E-state index contributed by atoms with van der Waals surface area (Å²) in [6.07, 6.45) is 1.65. The molecule has 16 heavy (non-hydrogen) atoms. The molecule has 3 atom stereocenters. The Morgan fingerprint density at radius 2 is 1.69 bits per heavy atom. The van der Waals surface area contributed by atoms with Crippen LogP contribution in [0.15, 0.2) is 0 Å². The van der Waals surface area contributed by atoms with Crippen molar-refractivity contribution in [3.63, 3.8) is 0 Å². The molecule has 2 aliphatic carbocycles. The van der Waals surface area contributed by atoms with Crippen molar-refractivity contribution in [2.24, 2.45) is 23.5 Å². The molecule has 2 saturated carbocycles. The summed E-state index contributed by atoms with van der Waals surface area (Å²) in [6.45, 7) is 0. The van der Waals surface area contributed by atoms with Gasteiger partial charge in [0.1, 0.15) is 0 Å². The SMILES string of the molecule is NC(CC1CC1)C1CCCCC1C(F)(F)F. The maximum atomic E-state index is 12.8. The van der Waals surface area contributed by atoms with E-state index in [4.69, 9.17) is 5.73 Å². The Hall–Kier alpha value is -0.250. The van der Waals surface area contributed by atoms with Gasteiger partial charge >= 0.3 is 6.18 Å². The number of alkyl halides is 3. The van der Waals surface area contributed by atoms with Crippen LogP contribution in [-0.4, -0.2) is 12.2 Å². The lowest BCUT2D eigenvalue weighted by molar-refractivity contribution is -0.198. The lowest BCUT2D eigenvalue weighted by Gasteiger charge is -2.36. The zero-order valence-corrected chi connectivity index (χ0v) is 9.47. The van der Waals surface area contributed by atoms with Crippen molar-refractivity contribution in [2.75, 3.05) is 0 Å². The van der Waals surface area contributed by atoms with Crippen LogP contribution in [0.2, 0.25) is 0 Å². The molecule has 2 N–H and O–H groups in total. The largest absolute Gasteiger partial charge is 0.392 e. The van der Waals surface area contributed by atoms with Crippen LogP contribution in [0.4, 0.5) is 13.2 Å². The van der Waals surface area contributed by atoms with Crippen LogP contribution < -0.4 is 5.73 Å². The first-order chi connectivity index (χ1) is 7.48. The van der Waals surface area contributed by atoms with E-state index in [0.29, 0.717) is 18.8 Å². The number of rotatable bonds is 3. The van der Waals surface area contributed by atoms with Crippen LogP contribution in [0.25, 0.3) is 0 Å². The summed E-state index contributed by atoms with van der Waals surface area (Å²) in [7, 11) is 0. The van der Waals surface area contributed by atoms with E-state index >= 15 is 0 Å². The summed E-state index contributed by atoms with van der Waals surface area (Å²) in [5.74, 6) is -0.852. The first-order valence-electron chi connectivity index (χ1n) is 6.31. The molecular weight excluding hydrogens is 215 g/mol. The lowest BCUT2D eigenvalue weighted by Crippen LogP contribution is -2.43. The molecule has 0 amide bonds. The topological polar surface area (TPSA) is 26.0 Å². The van der Waals surface area contributed by atoms with E-state index in [-0.39, 0.29) is 18.4 Å². The highest BCUT2D eigenvalue weighted by Crippen LogP contribution is 2.45. The number of nitrogens with two attached hydrogens (primary N) is 1. The van der Waals surface area contributed by atoms with Crippen LogP contribution in [0.3, 0.4) is 0 Å². The van der Waals surface area contributed by atoms with Gasteiger partial charge in [0.2, 0.25) is 0 Å². The van der Waals surface area contributed by atoms with E-state index in [9.17, 15) is 13.2 Å². The van der Waals surface area contributed by atoms with Crippen molar-refractivity contribution in [3.8, 4) is 0 Å². The summed E-state index contributed by atoms with van der Waals surface area (Å²) < 4.78 is 38.5. The smallest absolute Gasteiger partial charge is 0.327 e. The quantitative estimate of drug-likeness (QED) is 0.796. The fourth-order valence-electron chi connectivity index (χ4n) is 2.99. The molecular formula is C12H20F3N. The second kappa shape index (κ2) is 4.55. The molecule has 1 nitrogen and oxygen atoms in total. The van der Waals surface area contributed by atoms with E-state index < -0.39 is 12.1 Å². The van der Waals surface area contributed by atoms with E-state index in [1.165, 1.54) is 0 Å². The van der Waals surface area contributed by atoms with E-state index in [1.54, 1.807) is 0 Å². The average Bonchev–Trinajstić information content (AvgIpc) is 3.00. The maximum Gasteiger partial charge on any atom is 0.392 e. The normalized spacial score (nSPS) is 33.8.